The van der Waals surface area contributed by atoms with Gasteiger partial charge in [-0.1, -0.05) is 77.8 Å². The lowest BCUT2D eigenvalue weighted by atomic mass is 9.94. The van der Waals surface area contributed by atoms with E-state index in [0.29, 0.717) is 23.1 Å². The number of amides is 1. The Bertz CT molecular complexity index is 974. The van der Waals surface area contributed by atoms with Crippen molar-refractivity contribution in [3.8, 4) is 0 Å². The molecule has 2 atom stereocenters. The van der Waals surface area contributed by atoms with E-state index in [0.717, 1.165) is 29.7 Å². The highest BCUT2D eigenvalue weighted by Gasteiger charge is 2.36. The van der Waals surface area contributed by atoms with Gasteiger partial charge in [-0.3, -0.25) is 4.79 Å². The average molecular weight is 440 g/mol. The molecule has 0 aliphatic carbocycles. The van der Waals surface area contributed by atoms with Gasteiger partial charge < -0.3 is 9.64 Å². The first-order valence-electron chi connectivity index (χ1n) is 10.1. The van der Waals surface area contributed by atoms with Gasteiger partial charge in [-0.2, -0.15) is 0 Å². The van der Waals surface area contributed by atoms with E-state index in [2.05, 4.69) is 12.1 Å². The van der Waals surface area contributed by atoms with Gasteiger partial charge in [-0.25, -0.2) is 0 Å². The van der Waals surface area contributed by atoms with Crippen molar-refractivity contribution in [2.45, 2.75) is 31.6 Å². The maximum absolute atomic E-state index is 12.7. The van der Waals surface area contributed by atoms with Gasteiger partial charge in [0.2, 0.25) is 5.91 Å². The molecular weight excluding hydrogens is 417 g/mol. The third-order valence-electron chi connectivity index (χ3n) is 5.42. The van der Waals surface area contributed by atoms with Crippen LogP contribution in [0.1, 0.15) is 41.7 Å². The van der Waals surface area contributed by atoms with Gasteiger partial charge in [-0.05, 0) is 47.4 Å². The van der Waals surface area contributed by atoms with Crippen molar-refractivity contribution < 1.29 is 9.53 Å². The lowest BCUT2D eigenvalue weighted by molar-refractivity contribution is -0.134. The first-order valence-corrected chi connectivity index (χ1v) is 10.8. The Morgan fingerprint density at radius 3 is 2.07 bits per heavy atom. The van der Waals surface area contributed by atoms with E-state index in [1.807, 2.05) is 71.6 Å². The summed E-state index contributed by atoms with van der Waals surface area (Å²) < 4.78 is 6.49. The second kappa shape index (κ2) is 9.65. The molecule has 1 amide bonds. The molecule has 1 saturated heterocycles. The minimum atomic E-state index is -0.331. The van der Waals surface area contributed by atoms with Crippen LogP contribution >= 0.6 is 23.2 Å². The Morgan fingerprint density at radius 1 is 0.833 bits per heavy atom. The molecule has 0 saturated carbocycles. The number of carbonyl (C=O) groups excluding carboxylic acids is 1. The Hall–Kier alpha value is -2.33. The van der Waals surface area contributed by atoms with Crippen LogP contribution in [0.4, 0.5) is 0 Å². The van der Waals surface area contributed by atoms with E-state index in [1.54, 1.807) is 0 Å². The smallest absolute Gasteiger partial charge is 0.223 e. The van der Waals surface area contributed by atoms with E-state index in [-0.39, 0.29) is 18.1 Å². The summed E-state index contributed by atoms with van der Waals surface area (Å²) in [6.07, 6.45) is 1.11. The monoisotopic (exact) mass is 439 g/mol. The number of carbonyl (C=O) groups is 1. The molecule has 0 bridgehead atoms. The van der Waals surface area contributed by atoms with Gasteiger partial charge >= 0.3 is 0 Å². The van der Waals surface area contributed by atoms with Crippen molar-refractivity contribution in [3.63, 3.8) is 0 Å². The van der Waals surface area contributed by atoms with Crippen LogP contribution < -0.4 is 0 Å². The molecule has 0 radical (unpaired) electrons. The number of nitrogens with zero attached hydrogens (tertiary/aromatic N) is 1. The molecule has 3 nitrogen and oxygen atoms in total. The molecule has 1 heterocycles. The van der Waals surface area contributed by atoms with Crippen molar-refractivity contribution in [3.05, 3.63) is 106 Å². The van der Waals surface area contributed by atoms with Gasteiger partial charge in [0.1, 0.15) is 6.10 Å². The molecule has 0 spiro atoms. The van der Waals surface area contributed by atoms with Gasteiger partial charge in [0, 0.05) is 23.0 Å². The summed E-state index contributed by atoms with van der Waals surface area (Å²) in [4.78, 5) is 14.7. The Balaban J connectivity index is 1.71. The summed E-state index contributed by atoms with van der Waals surface area (Å²) in [5, 5.41) is 1.36. The zero-order valence-corrected chi connectivity index (χ0v) is 18.0. The van der Waals surface area contributed by atoms with Crippen LogP contribution in [0.2, 0.25) is 10.0 Å². The van der Waals surface area contributed by atoms with Gasteiger partial charge in [0.05, 0.1) is 12.6 Å². The zero-order chi connectivity index (χ0) is 20.9. The van der Waals surface area contributed by atoms with Gasteiger partial charge in [0.15, 0.2) is 0 Å². The molecule has 1 fully saturated rings. The minimum Gasteiger partial charge on any atom is -0.366 e. The highest BCUT2D eigenvalue weighted by molar-refractivity contribution is 6.30. The zero-order valence-electron chi connectivity index (χ0n) is 16.5. The normalized spacial score (nSPS) is 15.9. The second-order valence-corrected chi connectivity index (χ2v) is 8.33. The van der Waals surface area contributed by atoms with Gasteiger partial charge in [0.25, 0.3) is 0 Å². The predicted molar refractivity (Wildman–Crippen MR) is 121 cm³/mol. The van der Waals surface area contributed by atoms with Crippen LogP contribution in [0, 0.1) is 0 Å². The highest BCUT2D eigenvalue weighted by Crippen LogP contribution is 2.40. The number of hydrogen-bond donors (Lipinski definition) is 0. The molecule has 1 aliphatic heterocycles. The largest absolute Gasteiger partial charge is 0.366 e. The third kappa shape index (κ3) is 4.86. The Morgan fingerprint density at radius 2 is 1.47 bits per heavy atom. The number of benzene rings is 3. The summed E-state index contributed by atoms with van der Waals surface area (Å²) in [6, 6.07) is 25.2. The fourth-order valence-corrected chi connectivity index (χ4v) is 4.17. The van der Waals surface area contributed by atoms with E-state index >= 15 is 0 Å². The number of likely N-dealkylation sites (tertiary alicyclic amines) is 1. The first-order chi connectivity index (χ1) is 14.6. The van der Waals surface area contributed by atoms with Gasteiger partial charge in [-0.15, -0.1) is 0 Å². The SMILES string of the molecule is O=C1CCCN1[C@H](c1ccccc1)[C@@H](OCc1ccc(Cl)cc1)c1ccc(Cl)cc1. The molecule has 1 aliphatic rings. The van der Waals surface area contributed by atoms with Crippen molar-refractivity contribution in [2.24, 2.45) is 0 Å². The number of rotatable bonds is 7. The molecular formula is C25H23Cl2NO2. The number of halogens is 2. The lowest BCUT2D eigenvalue weighted by Crippen LogP contribution is -2.35. The number of hydrogen-bond acceptors (Lipinski definition) is 2. The highest BCUT2D eigenvalue weighted by atomic mass is 35.5. The molecule has 3 aromatic carbocycles. The fourth-order valence-electron chi connectivity index (χ4n) is 3.92. The maximum atomic E-state index is 12.7. The van der Waals surface area contributed by atoms with E-state index in [4.69, 9.17) is 27.9 Å². The van der Waals surface area contributed by atoms with Crippen molar-refractivity contribution in [1.82, 2.24) is 4.90 Å². The molecule has 0 aromatic heterocycles. The van der Waals surface area contributed by atoms with E-state index in [9.17, 15) is 4.79 Å². The van der Waals surface area contributed by atoms with E-state index < -0.39 is 0 Å². The maximum Gasteiger partial charge on any atom is 0.223 e. The standard InChI is InChI=1S/C25H23Cl2NO2/c26-21-12-8-18(9-13-21)17-30-25(20-10-14-22(27)15-11-20)24(19-5-2-1-3-6-19)28-16-4-7-23(28)29/h1-3,5-6,8-15,24-25H,4,7,16-17H2/t24-,25+/m1/s1. The Kier molecular flexibility index (Phi) is 6.73. The summed E-state index contributed by atoms with van der Waals surface area (Å²) >= 11 is 12.2. The molecule has 0 N–H and O–H groups in total. The summed E-state index contributed by atoms with van der Waals surface area (Å²) in [6.45, 7) is 1.14. The predicted octanol–water partition coefficient (Wildman–Crippen LogP) is 6.62. The van der Waals surface area contributed by atoms with Crippen LogP contribution in [0.5, 0.6) is 0 Å². The molecule has 4 rings (SSSR count). The summed E-state index contributed by atoms with van der Waals surface area (Å²) in [5.41, 5.74) is 3.07. The molecule has 3 aromatic rings. The summed E-state index contributed by atoms with van der Waals surface area (Å²) in [7, 11) is 0. The van der Waals surface area contributed by atoms with Crippen molar-refractivity contribution in [2.75, 3.05) is 6.54 Å². The average Bonchev–Trinajstić information content (AvgIpc) is 3.19. The molecule has 30 heavy (non-hydrogen) atoms. The molecule has 5 heteroatoms. The van der Waals surface area contributed by atoms with Crippen LogP contribution in [0.3, 0.4) is 0 Å². The van der Waals surface area contributed by atoms with Crippen LogP contribution in [0.15, 0.2) is 78.9 Å². The molecule has 0 unspecified atom stereocenters. The first kappa shape index (κ1) is 20.9. The summed E-state index contributed by atoms with van der Waals surface area (Å²) in [5.74, 6) is 0.165. The fraction of sp³-hybridized carbons (Fsp3) is 0.240. The topological polar surface area (TPSA) is 29.5 Å². The molecule has 154 valence electrons. The van der Waals surface area contributed by atoms with Crippen LogP contribution in [-0.2, 0) is 16.1 Å². The second-order valence-electron chi connectivity index (χ2n) is 7.46. The van der Waals surface area contributed by atoms with Crippen molar-refractivity contribution >= 4 is 29.1 Å². The van der Waals surface area contributed by atoms with E-state index in [1.165, 1.54) is 0 Å². The third-order valence-corrected chi connectivity index (χ3v) is 5.92. The quantitative estimate of drug-likeness (QED) is 0.414. The lowest BCUT2D eigenvalue weighted by Gasteiger charge is -2.35. The van der Waals surface area contributed by atoms with Crippen LogP contribution in [0.25, 0.3) is 0 Å². The number of ether oxygens (including phenoxy) is 1. The minimum absolute atomic E-state index is 0.165. The van der Waals surface area contributed by atoms with Crippen LogP contribution in [-0.4, -0.2) is 17.4 Å². The Labute approximate surface area is 187 Å². The van der Waals surface area contributed by atoms with Crippen molar-refractivity contribution in [1.29, 1.82) is 0 Å².